The topological polar surface area (TPSA) is 52.2 Å². The number of carbonyl (C=O) groups excluding carboxylic acids is 1. The van der Waals surface area contributed by atoms with Crippen LogP contribution in [0.3, 0.4) is 0 Å². The molecule has 1 N–H and O–H groups in total. The highest BCUT2D eigenvalue weighted by atomic mass is 79.9. The largest absolute Gasteiger partial charge is 0.363 e. The fourth-order valence-corrected chi connectivity index (χ4v) is 4.77. The molecule has 5 nitrogen and oxygen atoms in total. The second kappa shape index (κ2) is 8.26. The van der Waals surface area contributed by atoms with E-state index in [2.05, 4.69) is 78.2 Å². The molecule has 30 heavy (non-hydrogen) atoms. The van der Waals surface area contributed by atoms with E-state index in [1.807, 2.05) is 12.3 Å². The minimum atomic E-state index is 0.120. The van der Waals surface area contributed by atoms with Gasteiger partial charge in [-0.3, -0.25) is 4.79 Å². The lowest BCUT2D eigenvalue weighted by atomic mass is 10.0. The number of benzene rings is 2. The van der Waals surface area contributed by atoms with Gasteiger partial charge >= 0.3 is 0 Å². The van der Waals surface area contributed by atoms with E-state index >= 15 is 0 Å². The molecule has 0 saturated heterocycles. The molecule has 1 saturated carbocycles. The maximum absolute atomic E-state index is 13.3. The van der Waals surface area contributed by atoms with Gasteiger partial charge in [0.25, 0.3) is 0 Å². The molecule has 0 spiro atoms. The van der Waals surface area contributed by atoms with Gasteiger partial charge in [0.15, 0.2) is 0 Å². The first kappa shape index (κ1) is 19.4. The Balaban J connectivity index is 1.52. The van der Waals surface area contributed by atoms with E-state index in [4.69, 9.17) is 0 Å². The zero-order valence-corrected chi connectivity index (χ0v) is 18.4. The molecular weight excluding hydrogens is 440 g/mol. The van der Waals surface area contributed by atoms with Gasteiger partial charge in [-0.25, -0.2) is 4.98 Å². The van der Waals surface area contributed by atoms with Crippen LogP contribution in [0.5, 0.6) is 0 Å². The van der Waals surface area contributed by atoms with Crippen molar-refractivity contribution < 1.29 is 4.79 Å². The number of hydrogen-bond donors (Lipinski definition) is 1. The van der Waals surface area contributed by atoms with Crippen LogP contribution < -0.4 is 4.90 Å². The van der Waals surface area contributed by atoms with Gasteiger partial charge in [-0.15, -0.1) is 0 Å². The molecule has 0 bridgehead atoms. The normalized spacial score (nSPS) is 18.8. The molecule has 1 aliphatic carbocycles. The van der Waals surface area contributed by atoms with E-state index in [1.54, 1.807) is 6.33 Å². The number of anilines is 1. The van der Waals surface area contributed by atoms with Crippen molar-refractivity contribution in [1.82, 2.24) is 14.9 Å². The molecule has 1 aromatic heterocycles. The summed E-state index contributed by atoms with van der Waals surface area (Å²) in [5, 5.41) is 0. The number of aromatic nitrogens is 2. The molecule has 0 unspecified atom stereocenters. The van der Waals surface area contributed by atoms with E-state index in [9.17, 15) is 4.79 Å². The predicted octanol–water partition coefficient (Wildman–Crippen LogP) is 4.54. The molecule has 1 atom stereocenters. The highest BCUT2D eigenvalue weighted by molar-refractivity contribution is 9.10. The summed E-state index contributed by atoms with van der Waals surface area (Å²) in [6, 6.07) is 17.1. The fourth-order valence-electron chi connectivity index (χ4n) is 4.36. The summed E-state index contributed by atoms with van der Waals surface area (Å²) in [5.74, 6) is 0.517. The van der Waals surface area contributed by atoms with Gasteiger partial charge in [0.1, 0.15) is 0 Å². The maximum Gasteiger partial charge on any atom is 0.226 e. The van der Waals surface area contributed by atoms with Crippen LogP contribution in [0.15, 0.2) is 65.5 Å². The summed E-state index contributed by atoms with van der Waals surface area (Å²) < 4.78 is 1.04. The van der Waals surface area contributed by atoms with Crippen LogP contribution in [0, 0.1) is 5.92 Å². The summed E-state index contributed by atoms with van der Waals surface area (Å²) in [6.07, 6.45) is 6.50. The van der Waals surface area contributed by atoms with E-state index in [1.165, 1.54) is 16.8 Å². The Morgan fingerprint density at radius 2 is 2.00 bits per heavy atom. The van der Waals surface area contributed by atoms with Gasteiger partial charge in [0, 0.05) is 35.4 Å². The number of H-pyrrole nitrogens is 1. The van der Waals surface area contributed by atoms with Crippen molar-refractivity contribution in [2.24, 2.45) is 5.92 Å². The average molecular weight is 465 g/mol. The monoisotopic (exact) mass is 464 g/mol. The van der Waals surface area contributed by atoms with Crippen molar-refractivity contribution in [3.63, 3.8) is 0 Å². The van der Waals surface area contributed by atoms with Crippen molar-refractivity contribution in [3.8, 4) is 0 Å². The van der Waals surface area contributed by atoms with Gasteiger partial charge in [-0.1, -0.05) is 46.3 Å². The van der Waals surface area contributed by atoms with Gasteiger partial charge < -0.3 is 14.8 Å². The lowest BCUT2D eigenvalue weighted by Gasteiger charge is -2.33. The van der Waals surface area contributed by atoms with E-state index in [-0.39, 0.29) is 12.0 Å². The molecule has 2 heterocycles. The number of rotatable bonds is 5. The first-order chi connectivity index (χ1) is 14.7. The molecule has 1 aliphatic heterocycles. The van der Waals surface area contributed by atoms with Crippen LogP contribution in [0.1, 0.15) is 29.7 Å². The second-order valence-electron chi connectivity index (χ2n) is 8.31. The third-order valence-corrected chi connectivity index (χ3v) is 6.53. The summed E-state index contributed by atoms with van der Waals surface area (Å²) in [4.78, 5) is 25.3. The number of fused-ring (bicyclic) bond motifs is 1. The van der Waals surface area contributed by atoms with Crippen molar-refractivity contribution in [2.45, 2.75) is 38.4 Å². The van der Waals surface area contributed by atoms with Crippen molar-refractivity contribution in [3.05, 3.63) is 82.3 Å². The Morgan fingerprint density at radius 3 is 2.73 bits per heavy atom. The number of amides is 1. The quantitative estimate of drug-likeness (QED) is 0.602. The molecule has 0 radical (unpaired) electrons. The minimum absolute atomic E-state index is 0.120. The van der Waals surface area contributed by atoms with E-state index < -0.39 is 0 Å². The lowest BCUT2D eigenvalue weighted by molar-refractivity contribution is -0.135. The molecule has 6 heteroatoms. The Labute approximate surface area is 185 Å². The predicted molar refractivity (Wildman–Crippen MR) is 121 cm³/mol. The van der Waals surface area contributed by atoms with E-state index in [0.29, 0.717) is 12.5 Å². The third kappa shape index (κ3) is 4.15. The van der Waals surface area contributed by atoms with Crippen molar-refractivity contribution in [2.75, 3.05) is 11.4 Å². The fraction of sp³-hybridized carbons (Fsp3) is 0.333. The number of carbonyl (C=O) groups is 1. The Bertz CT molecular complexity index is 1020. The van der Waals surface area contributed by atoms with Crippen LogP contribution in [-0.2, 0) is 24.3 Å². The molecular formula is C24H25BrN4O. The summed E-state index contributed by atoms with van der Waals surface area (Å²) in [7, 11) is 0. The van der Waals surface area contributed by atoms with Crippen LogP contribution in [0.4, 0.5) is 5.69 Å². The summed E-state index contributed by atoms with van der Waals surface area (Å²) >= 11 is 3.63. The van der Waals surface area contributed by atoms with Crippen LogP contribution in [-0.4, -0.2) is 33.4 Å². The van der Waals surface area contributed by atoms with Gasteiger partial charge in [0.2, 0.25) is 5.91 Å². The standard InChI is InChI=1S/C24H25BrN4O/c25-20-8-9-23-19(11-20)13-29(24(30)18-6-7-18)22(10-17-4-2-1-3-5-17)15-28(23)14-21-12-26-16-27-21/h1-5,8-9,11-12,16,18,22H,6-7,10,13-15H2,(H,26,27)/t22-/m1/s1. The third-order valence-electron chi connectivity index (χ3n) is 6.03. The smallest absolute Gasteiger partial charge is 0.226 e. The van der Waals surface area contributed by atoms with Crippen LogP contribution >= 0.6 is 15.9 Å². The second-order valence-corrected chi connectivity index (χ2v) is 9.23. The Morgan fingerprint density at radius 1 is 1.17 bits per heavy atom. The lowest BCUT2D eigenvalue weighted by Crippen LogP contribution is -2.46. The van der Waals surface area contributed by atoms with Crippen LogP contribution in [0.2, 0.25) is 0 Å². The van der Waals surface area contributed by atoms with Crippen molar-refractivity contribution >= 4 is 27.5 Å². The zero-order valence-electron chi connectivity index (χ0n) is 16.8. The molecule has 3 aromatic rings. The van der Waals surface area contributed by atoms with Gasteiger partial charge in [-0.05, 0) is 48.6 Å². The molecule has 1 amide bonds. The highest BCUT2D eigenvalue weighted by Gasteiger charge is 2.38. The van der Waals surface area contributed by atoms with Crippen molar-refractivity contribution in [1.29, 1.82) is 0 Å². The SMILES string of the molecule is O=C(C1CC1)N1Cc2cc(Br)ccc2N(Cc2cnc[nH]2)C[C@H]1Cc1ccccc1. The van der Waals surface area contributed by atoms with Gasteiger partial charge in [0.05, 0.1) is 24.6 Å². The zero-order chi connectivity index (χ0) is 20.5. The Kier molecular flexibility index (Phi) is 5.34. The molecule has 154 valence electrons. The molecule has 1 fully saturated rings. The maximum atomic E-state index is 13.3. The van der Waals surface area contributed by atoms with E-state index in [0.717, 1.165) is 42.5 Å². The van der Waals surface area contributed by atoms with Crippen LogP contribution in [0.25, 0.3) is 0 Å². The first-order valence-electron chi connectivity index (χ1n) is 10.5. The minimum Gasteiger partial charge on any atom is -0.363 e. The average Bonchev–Trinajstić information content (AvgIpc) is 3.50. The summed E-state index contributed by atoms with van der Waals surface area (Å²) in [5.41, 5.74) is 4.72. The number of hydrogen-bond acceptors (Lipinski definition) is 3. The number of halogens is 1. The molecule has 5 rings (SSSR count). The molecule has 2 aliphatic rings. The summed E-state index contributed by atoms with van der Waals surface area (Å²) in [6.45, 7) is 2.19. The first-order valence-corrected chi connectivity index (χ1v) is 11.3. The van der Waals surface area contributed by atoms with Gasteiger partial charge in [-0.2, -0.15) is 0 Å². The highest BCUT2D eigenvalue weighted by Crippen LogP contribution is 2.36. The Hall–Kier alpha value is -2.60. The molecule has 2 aromatic carbocycles. The number of nitrogens with zero attached hydrogens (tertiary/aromatic N) is 3. The number of aromatic amines is 1. The number of imidazole rings is 1. The number of nitrogens with one attached hydrogen (secondary N) is 1.